The molecule has 0 unspecified atom stereocenters. The van der Waals surface area contributed by atoms with Crippen molar-refractivity contribution in [3.05, 3.63) is 47.8 Å². The number of hydrogen-bond acceptors (Lipinski definition) is 3. The Morgan fingerprint density at radius 3 is 2.33 bits per heavy atom. The number of anilines is 1. The van der Waals surface area contributed by atoms with Crippen LogP contribution < -0.4 is 15.2 Å². The second-order valence-electron chi connectivity index (χ2n) is 5.08. The molecule has 112 valence electrons. The Morgan fingerprint density at radius 2 is 1.76 bits per heavy atom. The third-order valence-electron chi connectivity index (χ3n) is 3.14. The predicted octanol–water partition coefficient (Wildman–Crippen LogP) is 4.72. The van der Waals surface area contributed by atoms with Gasteiger partial charge in [-0.3, -0.25) is 0 Å². The molecular formula is C17H20FNO2. The molecule has 21 heavy (non-hydrogen) atoms. The second kappa shape index (κ2) is 6.48. The van der Waals surface area contributed by atoms with Crippen LogP contribution in [-0.2, 0) is 0 Å². The van der Waals surface area contributed by atoms with Gasteiger partial charge in [-0.25, -0.2) is 4.39 Å². The number of halogens is 1. The zero-order valence-electron chi connectivity index (χ0n) is 12.5. The normalized spacial score (nSPS) is 10.7. The molecule has 2 aromatic carbocycles. The molecule has 3 nitrogen and oxygen atoms in total. The standard InChI is InChI=1S/C17H20FNO2/c1-4-20-16-10-17(15(19)9-14(16)18)21-13-7-5-12(6-8-13)11(2)3/h5-11H,4,19H2,1-3H3. The third-order valence-corrected chi connectivity index (χ3v) is 3.14. The average Bonchev–Trinajstić information content (AvgIpc) is 2.45. The van der Waals surface area contributed by atoms with Crippen molar-refractivity contribution in [1.82, 2.24) is 0 Å². The molecule has 0 aromatic heterocycles. The van der Waals surface area contributed by atoms with E-state index in [1.165, 1.54) is 17.7 Å². The van der Waals surface area contributed by atoms with Gasteiger partial charge in [0, 0.05) is 12.1 Å². The fourth-order valence-corrected chi connectivity index (χ4v) is 1.95. The summed E-state index contributed by atoms with van der Waals surface area (Å²) in [6.45, 7) is 6.43. The van der Waals surface area contributed by atoms with Crippen LogP contribution in [0.15, 0.2) is 36.4 Å². The molecule has 0 atom stereocenters. The van der Waals surface area contributed by atoms with E-state index in [0.717, 1.165) is 0 Å². The van der Waals surface area contributed by atoms with Crippen molar-refractivity contribution >= 4 is 5.69 Å². The van der Waals surface area contributed by atoms with E-state index < -0.39 is 5.82 Å². The number of nitrogen functional groups attached to an aromatic ring is 1. The van der Waals surface area contributed by atoms with Crippen LogP contribution in [0.5, 0.6) is 17.2 Å². The molecule has 0 saturated heterocycles. The van der Waals surface area contributed by atoms with Gasteiger partial charge >= 0.3 is 0 Å². The lowest BCUT2D eigenvalue weighted by molar-refractivity contribution is 0.319. The van der Waals surface area contributed by atoms with E-state index in [2.05, 4.69) is 13.8 Å². The SMILES string of the molecule is CCOc1cc(Oc2ccc(C(C)C)cc2)c(N)cc1F. The Morgan fingerprint density at radius 1 is 1.10 bits per heavy atom. The van der Waals surface area contributed by atoms with Crippen molar-refractivity contribution in [3.8, 4) is 17.2 Å². The van der Waals surface area contributed by atoms with Crippen molar-refractivity contribution in [1.29, 1.82) is 0 Å². The smallest absolute Gasteiger partial charge is 0.167 e. The Labute approximate surface area is 124 Å². The van der Waals surface area contributed by atoms with Crippen LogP contribution in [0, 0.1) is 5.82 Å². The minimum Gasteiger partial charge on any atom is -0.491 e. The van der Waals surface area contributed by atoms with Gasteiger partial charge in [0.25, 0.3) is 0 Å². The molecule has 0 saturated carbocycles. The summed E-state index contributed by atoms with van der Waals surface area (Å²) in [4.78, 5) is 0. The van der Waals surface area contributed by atoms with Crippen LogP contribution in [-0.4, -0.2) is 6.61 Å². The maximum Gasteiger partial charge on any atom is 0.167 e. The van der Waals surface area contributed by atoms with Crippen molar-refractivity contribution in [2.24, 2.45) is 0 Å². The van der Waals surface area contributed by atoms with Crippen LogP contribution in [0.25, 0.3) is 0 Å². The molecule has 0 aliphatic rings. The van der Waals surface area contributed by atoms with Gasteiger partial charge in [-0.05, 0) is 30.5 Å². The lowest BCUT2D eigenvalue weighted by Gasteiger charge is -2.12. The summed E-state index contributed by atoms with van der Waals surface area (Å²) in [7, 11) is 0. The highest BCUT2D eigenvalue weighted by Crippen LogP contribution is 2.33. The van der Waals surface area contributed by atoms with Crippen LogP contribution in [0.1, 0.15) is 32.3 Å². The molecule has 4 heteroatoms. The number of benzene rings is 2. The minimum absolute atomic E-state index is 0.139. The first-order chi connectivity index (χ1) is 10.0. The molecule has 0 amide bonds. The van der Waals surface area contributed by atoms with E-state index in [1.54, 1.807) is 6.92 Å². The van der Waals surface area contributed by atoms with Gasteiger partial charge in [0.2, 0.25) is 0 Å². The lowest BCUT2D eigenvalue weighted by atomic mass is 10.0. The van der Waals surface area contributed by atoms with Gasteiger partial charge in [0.15, 0.2) is 17.3 Å². The molecule has 0 heterocycles. The van der Waals surface area contributed by atoms with Gasteiger partial charge in [-0.2, -0.15) is 0 Å². The van der Waals surface area contributed by atoms with Gasteiger partial charge in [-0.1, -0.05) is 26.0 Å². The quantitative estimate of drug-likeness (QED) is 0.810. The van der Waals surface area contributed by atoms with Crippen LogP contribution >= 0.6 is 0 Å². The Balaban J connectivity index is 2.24. The molecule has 2 rings (SSSR count). The molecule has 2 N–H and O–H groups in total. The van der Waals surface area contributed by atoms with Gasteiger partial charge < -0.3 is 15.2 Å². The largest absolute Gasteiger partial charge is 0.491 e. The van der Waals surface area contributed by atoms with Crippen molar-refractivity contribution in [2.75, 3.05) is 12.3 Å². The minimum atomic E-state index is -0.489. The van der Waals surface area contributed by atoms with Crippen molar-refractivity contribution in [3.63, 3.8) is 0 Å². The molecule has 0 aliphatic heterocycles. The number of ether oxygens (including phenoxy) is 2. The average molecular weight is 289 g/mol. The molecule has 0 aliphatic carbocycles. The molecule has 2 aromatic rings. The fraction of sp³-hybridized carbons (Fsp3) is 0.294. The maximum absolute atomic E-state index is 13.6. The summed E-state index contributed by atoms with van der Waals surface area (Å²) in [5, 5.41) is 0. The molecule has 0 radical (unpaired) electrons. The van der Waals surface area contributed by atoms with E-state index in [1.807, 2.05) is 24.3 Å². The zero-order valence-corrected chi connectivity index (χ0v) is 12.5. The van der Waals surface area contributed by atoms with E-state index in [4.69, 9.17) is 15.2 Å². The van der Waals surface area contributed by atoms with Crippen LogP contribution in [0.2, 0.25) is 0 Å². The van der Waals surface area contributed by atoms with E-state index in [0.29, 0.717) is 24.0 Å². The van der Waals surface area contributed by atoms with Gasteiger partial charge in [0.05, 0.1) is 12.3 Å². The summed E-state index contributed by atoms with van der Waals surface area (Å²) in [6, 6.07) is 10.4. The summed E-state index contributed by atoms with van der Waals surface area (Å²) < 4.78 is 24.6. The predicted molar refractivity (Wildman–Crippen MR) is 82.6 cm³/mol. The van der Waals surface area contributed by atoms with E-state index in [9.17, 15) is 4.39 Å². The second-order valence-corrected chi connectivity index (χ2v) is 5.08. The highest BCUT2D eigenvalue weighted by molar-refractivity contribution is 5.57. The molecule has 0 fully saturated rings. The summed E-state index contributed by atoms with van der Waals surface area (Å²) in [5.41, 5.74) is 7.26. The van der Waals surface area contributed by atoms with Crippen molar-refractivity contribution in [2.45, 2.75) is 26.7 Å². The van der Waals surface area contributed by atoms with Crippen molar-refractivity contribution < 1.29 is 13.9 Å². The maximum atomic E-state index is 13.6. The molecule has 0 spiro atoms. The zero-order chi connectivity index (χ0) is 15.4. The monoisotopic (exact) mass is 289 g/mol. The summed E-state index contributed by atoms with van der Waals surface area (Å²) in [6.07, 6.45) is 0. The van der Waals surface area contributed by atoms with Crippen LogP contribution in [0.4, 0.5) is 10.1 Å². The van der Waals surface area contributed by atoms with E-state index >= 15 is 0 Å². The topological polar surface area (TPSA) is 44.5 Å². The van der Waals surface area contributed by atoms with Crippen LogP contribution in [0.3, 0.4) is 0 Å². The van der Waals surface area contributed by atoms with Gasteiger partial charge in [-0.15, -0.1) is 0 Å². The number of hydrogen-bond donors (Lipinski definition) is 1. The summed E-state index contributed by atoms with van der Waals surface area (Å²) >= 11 is 0. The number of nitrogens with two attached hydrogens (primary N) is 1. The highest BCUT2D eigenvalue weighted by atomic mass is 19.1. The number of rotatable bonds is 5. The Hall–Kier alpha value is -2.23. The highest BCUT2D eigenvalue weighted by Gasteiger charge is 2.11. The van der Waals surface area contributed by atoms with Gasteiger partial charge in [0.1, 0.15) is 5.75 Å². The third kappa shape index (κ3) is 3.66. The Kier molecular flexibility index (Phi) is 4.68. The first-order valence-corrected chi connectivity index (χ1v) is 7.01. The lowest BCUT2D eigenvalue weighted by Crippen LogP contribution is -1.99. The Bertz CT molecular complexity index is 609. The summed E-state index contributed by atoms with van der Waals surface area (Å²) in [5.74, 6) is 1.15. The fourth-order valence-electron chi connectivity index (χ4n) is 1.95. The molecule has 0 bridgehead atoms. The van der Waals surface area contributed by atoms with E-state index in [-0.39, 0.29) is 11.4 Å². The first kappa shape index (κ1) is 15.2. The molecular weight excluding hydrogens is 269 g/mol. The first-order valence-electron chi connectivity index (χ1n) is 7.01.